The Morgan fingerprint density at radius 3 is 2.44 bits per heavy atom. The second kappa shape index (κ2) is 11.3. The fourth-order valence-electron chi connectivity index (χ4n) is 4.70. The summed E-state index contributed by atoms with van der Waals surface area (Å²) in [5, 5.41) is 12.4. The quantitative estimate of drug-likeness (QED) is 0.252. The Hall–Kier alpha value is -4.92. The van der Waals surface area contributed by atoms with Crippen LogP contribution in [0.2, 0.25) is 0 Å². The minimum Gasteiger partial charge on any atom is -0.349 e. The summed E-state index contributed by atoms with van der Waals surface area (Å²) in [7, 11) is 0. The second-order valence-electron chi connectivity index (χ2n) is 10.7. The van der Waals surface area contributed by atoms with Gasteiger partial charge < -0.3 is 5.32 Å². The summed E-state index contributed by atoms with van der Waals surface area (Å²) in [4.78, 5) is 46.3. The molecule has 0 saturated carbocycles. The van der Waals surface area contributed by atoms with Gasteiger partial charge in [0.1, 0.15) is 18.1 Å². The Morgan fingerprint density at radius 1 is 0.951 bits per heavy atom. The molecule has 0 unspecified atom stereocenters. The first kappa shape index (κ1) is 27.6. The monoisotopic (exact) mass is 548 g/mol. The maximum Gasteiger partial charge on any atom is 0.249 e. The lowest BCUT2D eigenvalue weighted by atomic mass is 9.97. The number of aromatic nitrogens is 4. The molecule has 3 aromatic carbocycles. The molecule has 2 aromatic heterocycles. The SMILES string of the molecule is CCC(C)(C)NC(=O)[C@H](c1ccc2ncccc2c1)N(C(=O)Cn1nnc2ccccc21)c1ccc(C(C)=O)cc1. The topological polar surface area (TPSA) is 110 Å². The third-order valence-electron chi connectivity index (χ3n) is 7.32. The number of ketones is 1. The largest absolute Gasteiger partial charge is 0.349 e. The first-order valence-electron chi connectivity index (χ1n) is 13.5. The van der Waals surface area contributed by atoms with Crippen molar-refractivity contribution in [1.29, 1.82) is 0 Å². The minimum absolute atomic E-state index is 0.0930. The van der Waals surface area contributed by atoms with Crippen LogP contribution in [0, 0.1) is 0 Å². The molecule has 0 fully saturated rings. The van der Waals surface area contributed by atoms with Crippen molar-refractivity contribution < 1.29 is 14.4 Å². The van der Waals surface area contributed by atoms with Crippen molar-refractivity contribution in [2.75, 3.05) is 4.90 Å². The van der Waals surface area contributed by atoms with Crippen LogP contribution in [0.1, 0.15) is 56.1 Å². The number of rotatable bonds is 9. The van der Waals surface area contributed by atoms with Crippen LogP contribution in [0.25, 0.3) is 21.9 Å². The molecule has 0 bridgehead atoms. The van der Waals surface area contributed by atoms with Crippen LogP contribution in [0.5, 0.6) is 0 Å². The summed E-state index contributed by atoms with van der Waals surface area (Å²) in [6.45, 7) is 7.23. The maximum absolute atomic E-state index is 14.3. The van der Waals surface area contributed by atoms with E-state index in [1.807, 2.05) is 75.4 Å². The number of pyridine rings is 1. The third-order valence-corrected chi connectivity index (χ3v) is 7.32. The van der Waals surface area contributed by atoms with Crippen molar-refractivity contribution in [3.8, 4) is 0 Å². The van der Waals surface area contributed by atoms with Gasteiger partial charge in [-0.05, 0) is 87.4 Å². The lowest BCUT2D eigenvalue weighted by Gasteiger charge is -2.34. The van der Waals surface area contributed by atoms with E-state index >= 15 is 0 Å². The molecular weight excluding hydrogens is 516 g/mol. The van der Waals surface area contributed by atoms with Crippen molar-refractivity contribution in [2.24, 2.45) is 0 Å². The van der Waals surface area contributed by atoms with Gasteiger partial charge in [-0.2, -0.15) is 0 Å². The van der Waals surface area contributed by atoms with E-state index in [9.17, 15) is 14.4 Å². The average molecular weight is 549 g/mol. The molecule has 0 spiro atoms. The van der Waals surface area contributed by atoms with Crippen molar-refractivity contribution in [3.63, 3.8) is 0 Å². The van der Waals surface area contributed by atoms with Gasteiger partial charge in [0.2, 0.25) is 11.8 Å². The summed E-state index contributed by atoms with van der Waals surface area (Å²) in [6, 6.07) is 22.4. The molecule has 9 heteroatoms. The van der Waals surface area contributed by atoms with Gasteiger partial charge in [0.25, 0.3) is 0 Å². The number of hydrogen-bond acceptors (Lipinski definition) is 6. The lowest BCUT2D eigenvalue weighted by Crippen LogP contribution is -2.51. The third kappa shape index (κ3) is 5.84. The van der Waals surface area contributed by atoms with E-state index in [1.54, 1.807) is 30.5 Å². The smallest absolute Gasteiger partial charge is 0.249 e. The standard InChI is InChI=1S/C32H32N6O3/c1-5-32(3,4)34-31(41)30(24-14-17-26-23(19-24)9-8-18-33-26)38(25-15-12-22(13-16-25)21(2)39)29(40)20-37-28-11-7-6-10-27(28)35-36-37/h6-19,30H,5,20H2,1-4H3,(H,34,41)/t30-/m0/s1. The van der Waals surface area contributed by atoms with Crippen molar-refractivity contribution in [1.82, 2.24) is 25.3 Å². The van der Waals surface area contributed by atoms with Gasteiger partial charge in [0.05, 0.1) is 11.0 Å². The van der Waals surface area contributed by atoms with Gasteiger partial charge >= 0.3 is 0 Å². The summed E-state index contributed by atoms with van der Waals surface area (Å²) < 4.78 is 1.53. The van der Waals surface area contributed by atoms with Gasteiger partial charge in [0, 0.05) is 28.4 Å². The number of anilines is 1. The number of carbonyl (C=O) groups is 3. The van der Waals surface area contributed by atoms with Crippen LogP contribution in [-0.4, -0.2) is 43.1 Å². The predicted octanol–water partition coefficient (Wildman–Crippen LogP) is 5.26. The number of Topliss-reactive ketones (excluding diaryl/α,β-unsaturated/α-hetero) is 1. The Labute approximate surface area is 238 Å². The highest BCUT2D eigenvalue weighted by Gasteiger charge is 2.35. The number of carbonyl (C=O) groups excluding carboxylic acids is 3. The Bertz CT molecular complexity index is 1740. The Balaban J connectivity index is 1.65. The van der Waals surface area contributed by atoms with Crippen molar-refractivity contribution >= 4 is 45.2 Å². The normalized spacial score (nSPS) is 12.3. The molecular formula is C32H32N6O3. The Morgan fingerprint density at radius 2 is 1.71 bits per heavy atom. The van der Waals surface area contributed by atoms with E-state index in [0.717, 1.165) is 10.9 Å². The molecule has 9 nitrogen and oxygen atoms in total. The zero-order valence-corrected chi connectivity index (χ0v) is 23.5. The highest BCUT2D eigenvalue weighted by atomic mass is 16.2. The first-order chi connectivity index (χ1) is 19.7. The number of nitrogens with zero attached hydrogens (tertiary/aromatic N) is 5. The molecule has 0 aliphatic rings. The average Bonchev–Trinajstić information content (AvgIpc) is 3.37. The van der Waals surface area contributed by atoms with E-state index in [0.29, 0.717) is 34.3 Å². The zero-order valence-electron chi connectivity index (χ0n) is 23.5. The van der Waals surface area contributed by atoms with Crippen LogP contribution >= 0.6 is 0 Å². The van der Waals surface area contributed by atoms with Gasteiger partial charge in [-0.3, -0.25) is 24.3 Å². The van der Waals surface area contributed by atoms with Gasteiger partial charge in [-0.15, -0.1) is 5.10 Å². The van der Waals surface area contributed by atoms with Gasteiger partial charge in [-0.1, -0.05) is 36.4 Å². The molecule has 1 atom stereocenters. The first-order valence-corrected chi connectivity index (χ1v) is 13.5. The van der Waals surface area contributed by atoms with E-state index < -0.39 is 11.6 Å². The molecule has 0 saturated heterocycles. The fraction of sp³-hybridized carbons (Fsp3) is 0.250. The van der Waals surface area contributed by atoms with Crippen LogP contribution in [0.3, 0.4) is 0 Å². The van der Waals surface area contributed by atoms with Gasteiger partial charge in [0.15, 0.2) is 5.78 Å². The van der Waals surface area contributed by atoms with E-state index in [-0.39, 0.29) is 24.1 Å². The molecule has 5 rings (SSSR count). The molecule has 0 aliphatic heterocycles. The minimum atomic E-state index is -1.02. The van der Waals surface area contributed by atoms with Crippen LogP contribution in [0.15, 0.2) is 85.1 Å². The number of nitrogens with one attached hydrogen (secondary N) is 1. The highest BCUT2D eigenvalue weighted by molar-refractivity contribution is 6.03. The van der Waals surface area contributed by atoms with Gasteiger partial charge in [-0.25, -0.2) is 4.68 Å². The van der Waals surface area contributed by atoms with E-state index in [4.69, 9.17) is 0 Å². The number of amides is 2. The maximum atomic E-state index is 14.3. The van der Waals surface area contributed by atoms with E-state index in [1.165, 1.54) is 16.5 Å². The fourth-order valence-corrected chi connectivity index (χ4v) is 4.70. The molecule has 0 radical (unpaired) electrons. The molecule has 208 valence electrons. The summed E-state index contributed by atoms with van der Waals surface area (Å²) in [6.07, 6.45) is 2.41. The summed E-state index contributed by atoms with van der Waals surface area (Å²) in [5.74, 6) is -0.783. The number of benzene rings is 3. The van der Waals surface area contributed by atoms with E-state index in [2.05, 4.69) is 20.6 Å². The molecule has 0 aliphatic carbocycles. The van der Waals surface area contributed by atoms with Crippen LogP contribution in [0.4, 0.5) is 5.69 Å². The summed E-state index contributed by atoms with van der Waals surface area (Å²) in [5.41, 5.74) is 3.25. The second-order valence-corrected chi connectivity index (χ2v) is 10.7. The summed E-state index contributed by atoms with van der Waals surface area (Å²) >= 11 is 0. The zero-order chi connectivity index (χ0) is 29.1. The number of para-hydroxylation sites is 1. The molecule has 2 heterocycles. The van der Waals surface area contributed by atoms with Crippen LogP contribution < -0.4 is 10.2 Å². The number of hydrogen-bond donors (Lipinski definition) is 1. The Kier molecular flexibility index (Phi) is 7.61. The predicted molar refractivity (Wildman–Crippen MR) is 158 cm³/mol. The molecule has 1 N–H and O–H groups in total. The molecule has 5 aromatic rings. The van der Waals surface area contributed by atoms with Crippen molar-refractivity contribution in [3.05, 3.63) is 96.2 Å². The lowest BCUT2D eigenvalue weighted by molar-refractivity contribution is -0.128. The van der Waals surface area contributed by atoms with Crippen LogP contribution in [-0.2, 0) is 16.1 Å². The van der Waals surface area contributed by atoms with Crippen molar-refractivity contribution in [2.45, 2.75) is 52.2 Å². The highest BCUT2D eigenvalue weighted by Crippen LogP contribution is 2.31. The molecule has 41 heavy (non-hydrogen) atoms. The molecule has 2 amide bonds. The number of fused-ring (bicyclic) bond motifs is 2.